The average molecular weight is 205 g/mol. The molecule has 15 heavy (non-hydrogen) atoms. The monoisotopic (exact) mass is 205 g/mol. The molecule has 0 fully saturated rings. The number of nitriles is 1. The van der Waals surface area contributed by atoms with Crippen molar-refractivity contribution < 1.29 is 4.74 Å². The largest absolute Gasteiger partial charge is 0.457 e. The average Bonchev–Trinajstić information content (AvgIpc) is 2.16. The van der Waals surface area contributed by atoms with Crippen LogP contribution in [0.4, 0.5) is 0 Å². The number of rotatable bonds is 3. The van der Waals surface area contributed by atoms with E-state index in [2.05, 4.69) is 9.97 Å². The van der Waals surface area contributed by atoms with Gasteiger partial charge in [0.15, 0.2) is 0 Å². The fourth-order valence-corrected chi connectivity index (χ4v) is 0.964. The van der Waals surface area contributed by atoms with E-state index in [0.717, 1.165) is 12.1 Å². The highest BCUT2D eigenvalue weighted by Crippen LogP contribution is 2.17. The minimum Gasteiger partial charge on any atom is -0.457 e. The van der Waals surface area contributed by atoms with Crippen LogP contribution in [-0.2, 0) is 0 Å². The number of hydrogen-bond donors (Lipinski definition) is 0. The molecule has 1 aromatic heterocycles. The lowest BCUT2D eigenvalue weighted by Gasteiger charge is -2.23. The maximum absolute atomic E-state index is 8.75. The van der Waals surface area contributed by atoms with Crippen LogP contribution in [0, 0.1) is 18.3 Å². The zero-order valence-electron chi connectivity index (χ0n) is 9.53. The van der Waals surface area contributed by atoms with Crippen molar-refractivity contribution in [1.82, 2.24) is 9.97 Å². The van der Waals surface area contributed by atoms with Gasteiger partial charge in [-0.3, -0.25) is 0 Å². The first-order chi connectivity index (χ1) is 6.96. The molecular weight excluding hydrogens is 190 g/mol. The molecule has 0 saturated carbocycles. The van der Waals surface area contributed by atoms with Gasteiger partial charge in [-0.2, -0.15) is 10.2 Å². The summed E-state index contributed by atoms with van der Waals surface area (Å²) >= 11 is 0. The highest BCUT2D eigenvalue weighted by atomic mass is 16.5. The Morgan fingerprint density at radius 2 is 2.13 bits per heavy atom. The van der Waals surface area contributed by atoms with E-state index in [9.17, 15) is 0 Å². The summed E-state index contributed by atoms with van der Waals surface area (Å²) in [5.41, 5.74) is 0.772. The van der Waals surface area contributed by atoms with Crippen LogP contribution in [0.1, 0.15) is 38.6 Å². The maximum Gasteiger partial charge on any atom is 0.318 e. The van der Waals surface area contributed by atoms with E-state index in [4.69, 9.17) is 10.00 Å². The summed E-state index contributed by atoms with van der Waals surface area (Å²) in [5.74, 6) is 0. The lowest BCUT2D eigenvalue weighted by Crippen LogP contribution is -2.28. The molecular formula is C11H15N3O. The standard InChI is InChI=1S/C11H15N3O/c1-5-11(3,4)15-10-13-8(2)6-9(7-12)14-10/h6H,5H2,1-4H3. The summed E-state index contributed by atoms with van der Waals surface area (Å²) in [6, 6.07) is 3.89. The van der Waals surface area contributed by atoms with Crippen molar-refractivity contribution in [2.75, 3.05) is 0 Å². The molecule has 1 aromatic rings. The van der Waals surface area contributed by atoms with Crippen molar-refractivity contribution in [3.05, 3.63) is 17.5 Å². The predicted octanol–water partition coefficient (Wildman–Crippen LogP) is 2.22. The van der Waals surface area contributed by atoms with Gasteiger partial charge in [-0.25, -0.2) is 4.98 Å². The van der Waals surface area contributed by atoms with Gasteiger partial charge in [0, 0.05) is 5.69 Å². The molecule has 0 aliphatic carbocycles. The van der Waals surface area contributed by atoms with Gasteiger partial charge < -0.3 is 4.74 Å². The van der Waals surface area contributed by atoms with Crippen LogP contribution in [0.2, 0.25) is 0 Å². The highest BCUT2D eigenvalue weighted by molar-refractivity contribution is 5.23. The number of nitrogens with zero attached hydrogens (tertiary/aromatic N) is 3. The van der Waals surface area contributed by atoms with Crippen LogP contribution in [-0.4, -0.2) is 15.6 Å². The summed E-state index contributed by atoms with van der Waals surface area (Å²) in [5, 5.41) is 8.75. The molecule has 0 aliphatic rings. The van der Waals surface area contributed by atoms with Crippen molar-refractivity contribution in [2.24, 2.45) is 0 Å². The van der Waals surface area contributed by atoms with Crippen molar-refractivity contribution in [3.63, 3.8) is 0 Å². The number of aryl methyl sites for hydroxylation is 1. The van der Waals surface area contributed by atoms with Gasteiger partial charge >= 0.3 is 6.01 Å². The second kappa shape index (κ2) is 4.26. The second-order valence-corrected chi connectivity index (χ2v) is 4.00. The van der Waals surface area contributed by atoms with Gasteiger partial charge in [0.05, 0.1) is 0 Å². The van der Waals surface area contributed by atoms with Gasteiger partial charge in [0.25, 0.3) is 0 Å². The van der Waals surface area contributed by atoms with Crippen LogP contribution in [0.15, 0.2) is 6.07 Å². The van der Waals surface area contributed by atoms with Crippen LogP contribution >= 0.6 is 0 Å². The fourth-order valence-electron chi connectivity index (χ4n) is 0.964. The van der Waals surface area contributed by atoms with E-state index >= 15 is 0 Å². The molecule has 4 nitrogen and oxygen atoms in total. The topological polar surface area (TPSA) is 58.8 Å². The number of aromatic nitrogens is 2. The molecule has 1 rings (SSSR count). The zero-order valence-corrected chi connectivity index (χ0v) is 9.53. The molecule has 0 N–H and O–H groups in total. The third kappa shape index (κ3) is 3.21. The Bertz CT molecular complexity index is 393. The fraction of sp³-hybridized carbons (Fsp3) is 0.545. The molecule has 0 amide bonds. The zero-order chi connectivity index (χ0) is 11.5. The van der Waals surface area contributed by atoms with Crippen LogP contribution in [0.3, 0.4) is 0 Å². The first-order valence-electron chi connectivity index (χ1n) is 4.91. The van der Waals surface area contributed by atoms with E-state index in [1.165, 1.54) is 0 Å². The van der Waals surface area contributed by atoms with Crippen molar-refractivity contribution in [1.29, 1.82) is 5.26 Å². The molecule has 1 heterocycles. The van der Waals surface area contributed by atoms with Crippen LogP contribution in [0.5, 0.6) is 6.01 Å². The van der Waals surface area contributed by atoms with Crippen molar-refractivity contribution in [2.45, 2.75) is 39.7 Å². The molecule has 0 unspecified atom stereocenters. The lowest BCUT2D eigenvalue weighted by atomic mass is 10.1. The minimum absolute atomic E-state index is 0.276. The lowest BCUT2D eigenvalue weighted by molar-refractivity contribution is 0.0921. The highest BCUT2D eigenvalue weighted by Gasteiger charge is 2.18. The number of ether oxygens (including phenoxy) is 1. The molecule has 0 aliphatic heterocycles. The van der Waals surface area contributed by atoms with Crippen LogP contribution < -0.4 is 4.74 Å². The minimum atomic E-state index is -0.305. The van der Waals surface area contributed by atoms with Crippen molar-refractivity contribution in [3.8, 4) is 12.1 Å². The molecule has 0 bridgehead atoms. The summed E-state index contributed by atoms with van der Waals surface area (Å²) in [4.78, 5) is 8.12. The molecule has 0 aromatic carbocycles. The van der Waals surface area contributed by atoms with Gasteiger partial charge in [-0.15, -0.1) is 0 Å². The Labute approximate surface area is 89.9 Å². The summed E-state index contributed by atoms with van der Waals surface area (Å²) in [6.07, 6.45) is 0.853. The van der Waals surface area contributed by atoms with E-state index in [0.29, 0.717) is 5.69 Å². The Morgan fingerprint density at radius 3 is 2.67 bits per heavy atom. The van der Waals surface area contributed by atoms with E-state index in [1.54, 1.807) is 6.07 Å². The third-order valence-electron chi connectivity index (χ3n) is 2.17. The number of hydrogen-bond acceptors (Lipinski definition) is 4. The molecule has 0 atom stereocenters. The third-order valence-corrected chi connectivity index (χ3v) is 2.17. The Kier molecular flexibility index (Phi) is 3.25. The summed E-state index contributed by atoms with van der Waals surface area (Å²) in [6.45, 7) is 7.77. The summed E-state index contributed by atoms with van der Waals surface area (Å²) < 4.78 is 5.60. The summed E-state index contributed by atoms with van der Waals surface area (Å²) in [7, 11) is 0. The quantitative estimate of drug-likeness (QED) is 0.759. The molecule has 4 heteroatoms. The first kappa shape index (κ1) is 11.4. The normalized spacial score (nSPS) is 10.9. The molecule has 80 valence electrons. The van der Waals surface area contributed by atoms with Gasteiger partial charge in [0.2, 0.25) is 0 Å². The Hall–Kier alpha value is -1.63. The van der Waals surface area contributed by atoms with E-state index in [-0.39, 0.29) is 11.6 Å². The second-order valence-electron chi connectivity index (χ2n) is 4.00. The SMILES string of the molecule is CCC(C)(C)Oc1nc(C)cc(C#N)n1. The Morgan fingerprint density at radius 1 is 1.47 bits per heavy atom. The Balaban J connectivity index is 2.96. The molecule has 0 saturated heterocycles. The molecule has 0 spiro atoms. The smallest absolute Gasteiger partial charge is 0.318 e. The molecule has 0 radical (unpaired) electrons. The van der Waals surface area contributed by atoms with E-state index in [1.807, 2.05) is 33.8 Å². The first-order valence-corrected chi connectivity index (χ1v) is 4.91. The van der Waals surface area contributed by atoms with Crippen molar-refractivity contribution >= 4 is 0 Å². The predicted molar refractivity (Wildman–Crippen MR) is 56.5 cm³/mol. The van der Waals surface area contributed by atoms with Gasteiger partial charge in [-0.1, -0.05) is 6.92 Å². The van der Waals surface area contributed by atoms with Gasteiger partial charge in [-0.05, 0) is 33.3 Å². The van der Waals surface area contributed by atoms with E-state index < -0.39 is 0 Å². The van der Waals surface area contributed by atoms with Crippen LogP contribution in [0.25, 0.3) is 0 Å². The maximum atomic E-state index is 8.75. The van der Waals surface area contributed by atoms with Gasteiger partial charge in [0.1, 0.15) is 17.4 Å².